The maximum absolute atomic E-state index is 11.6. The second kappa shape index (κ2) is 16.8. The summed E-state index contributed by atoms with van der Waals surface area (Å²) in [5.74, 6) is 0.194. The van der Waals surface area contributed by atoms with Crippen molar-refractivity contribution in [3.05, 3.63) is 0 Å². The molecule has 0 spiro atoms. The lowest BCUT2D eigenvalue weighted by Gasteiger charge is -2.09. The number of ether oxygens (including phenoxy) is 2. The molecule has 0 aromatic rings. The van der Waals surface area contributed by atoms with Gasteiger partial charge in [0.1, 0.15) is 0 Å². The minimum Gasteiger partial charge on any atom is -0.466 e. The molecule has 0 saturated heterocycles. The highest BCUT2D eigenvalue weighted by molar-refractivity contribution is 5.69. The number of esters is 2. The van der Waals surface area contributed by atoms with Crippen molar-refractivity contribution in [2.45, 2.75) is 97.8 Å². The van der Waals surface area contributed by atoms with Crippen LogP contribution in [0.25, 0.3) is 0 Å². The zero-order valence-corrected chi connectivity index (χ0v) is 16.1. The quantitative estimate of drug-likeness (QED) is 0.277. The largest absolute Gasteiger partial charge is 0.466 e. The van der Waals surface area contributed by atoms with Crippen LogP contribution in [0.3, 0.4) is 0 Å². The van der Waals surface area contributed by atoms with E-state index in [9.17, 15) is 9.59 Å². The number of carbonyl (C=O) groups excluding carboxylic acids is 2. The number of unbranched alkanes of at least 4 members (excludes halogenated alkanes) is 7. The maximum atomic E-state index is 11.6. The van der Waals surface area contributed by atoms with Crippen LogP contribution in [-0.2, 0) is 19.1 Å². The van der Waals surface area contributed by atoms with Crippen LogP contribution in [0.1, 0.15) is 97.8 Å². The second-order valence-electron chi connectivity index (χ2n) is 6.75. The molecule has 0 heterocycles. The average Bonchev–Trinajstić information content (AvgIpc) is 2.58. The van der Waals surface area contributed by atoms with Crippen molar-refractivity contribution in [3.63, 3.8) is 0 Å². The summed E-state index contributed by atoms with van der Waals surface area (Å²) in [5.41, 5.74) is 0. The van der Waals surface area contributed by atoms with E-state index in [0.29, 0.717) is 32.0 Å². The third kappa shape index (κ3) is 15.8. The number of rotatable bonds is 16. The molecule has 4 heteroatoms. The predicted octanol–water partition coefficient (Wildman–Crippen LogP) is 5.43. The van der Waals surface area contributed by atoms with E-state index in [-0.39, 0.29) is 11.9 Å². The Hall–Kier alpha value is -1.06. The third-order valence-corrected chi connectivity index (χ3v) is 4.25. The summed E-state index contributed by atoms with van der Waals surface area (Å²) in [6.45, 7) is 7.43. The van der Waals surface area contributed by atoms with Gasteiger partial charge >= 0.3 is 11.9 Å². The molecule has 0 aliphatic carbocycles. The van der Waals surface area contributed by atoms with Crippen LogP contribution in [0.2, 0.25) is 0 Å². The Morgan fingerprint density at radius 1 is 0.750 bits per heavy atom. The lowest BCUT2D eigenvalue weighted by atomic mass is 10.1. The molecule has 0 saturated carbocycles. The maximum Gasteiger partial charge on any atom is 0.305 e. The van der Waals surface area contributed by atoms with Gasteiger partial charge in [0.2, 0.25) is 0 Å². The Balaban J connectivity index is 3.35. The fourth-order valence-corrected chi connectivity index (χ4v) is 2.28. The SMILES string of the molecule is CCCCCCCCOC(=O)CCCCCC(=O)OCC(C)CC. The van der Waals surface area contributed by atoms with Crippen LogP contribution >= 0.6 is 0 Å². The van der Waals surface area contributed by atoms with Crippen molar-refractivity contribution >= 4 is 11.9 Å². The first-order chi connectivity index (χ1) is 11.6. The first-order valence-corrected chi connectivity index (χ1v) is 9.91. The summed E-state index contributed by atoms with van der Waals surface area (Å²) in [6.07, 6.45) is 11.5. The van der Waals surface area contributed by atoms with Gasteiger partial charge in [0.25, 0.3) is 0 Å². The van der Waals surface area contributed by atoms with Crippen molar-refractivity contribution in [1.29, 1.82) is 0 Å². The number of hydrogen-bond donors (Lipinski definition) is 0. The van der Waals surface area contributed by atoms with Crippen LogP contribution in [0.15, 0.2) is 0 Å². The topological polar surface area (TPSA) is 52.6 Å². The molecule has 0 aliphatic heterocycles. The van der Waals surface area contributed by atoms with E-state index < -0.39 is 0 Å². The van der Waals surface area contributed by atoms with Gasteiger partial charge in [-0.2, -0.15) is 0 Å². The van der Waals surface area contributed by atoms with Crippen LogP contribution in [-0.4, -0.2) is 25.2 Å². The summed E-state index contributed by atoms with van der Waals surface area (Å²) in [7, 11) is 0. The van der Waals surface area contributed by atoms with Gasteiger partial charge < -0.3 is 9.47 Å². The van der Waals surface area contributed by atoms with Gasteiger partial charge in [-0.05, 0) is 25.2 Å². The molecule has 0 aromatic carbocycles. The summed E-state index contributed by atoms with van der Waals surface area (Å²) in [4.78, 5) is 23.1. The fourth-order valence-electron chi connectivity index (χ4n) is 2.28. The molecule has 142 valence electrons. The molecule has 1 unspecified atom stereocenters. The van der Waals surface area contributed by atoms with E-state index in [1.807, 2.05) is 0 Å². The molecular weight excluding hydrogens is 304 g/mol. The predicted molar refractivity (Wildman–Crippen MR) is 97.8 cm³/mol. The summed E-state index contributed by atoms with van der Waals surface area (Å²) < 4.78 is 10.4. The fraction of sp³-hybridized carbons (Fsp3) is 0.900. The van der Waals surface area contributed by atoms with Crippen LogP contribution in [0, 0.1) is 5.92 Å². The molecule has 0 radical (unpaired) electrons. The standard InChI is InChI=1S/C20H38O4/c1-4-6-7-8-9-13-16-23-19(21)14-11-10-12-15-20(22)24-17-18(3)5-2/h18H,4-17H2,1-3H3. The minimum atomic E-state index is -0.124. The normalized spacial score (nSPS) is 12.0. The molecule has 0 N–H and O–H groups in total. The van der Waals surface area contributed by atoms with Gasteiger partial charge in [-0.1, -0.05) is 65.7 Å². The van der Waals surface area contributed by atoms with E-state index in [1.165, 1.54) is 25.7 Å². The zero-order chi connectivity index (χ0) is 18.0. The Kier molecular flexibility index (Phi) is 16.0. The number of hydrogen-bond acceptors (Lipinski definition) is 4. The molecule has 24 heavy (non-hydrogen) atoms. The van der Waals surface area contributed by atoms with E-state index >= 15 is 0 Å². The monoisotopic (exact) mass is 342 g/mol. The summed E-state index contributed by atoms with van der Waals surface area (Å²) in [6, 6.07) is 0. The van der Waals surface area contributed by atoms with Gasteiger partial charge in [-0.15, -0.1) is 0 Å². The van der Waals surface area contributed by atoms with Gasteiger partial charge in [0, 0.05) is 12.8 Å². The van der Waals surface area contributed by atoms with Crippen LogP contribution < -0.4 is 0 Å². The minimum absolute atomic E-state index is 0.108. The molecule has 1 atom stereocenters. The first-order valence-electron chi connectivity index (χ1n) is 9.91. The zero-order valence-electron chi connectivity index (χ0n) is 16.1. The Morgan fingerprint density at radius 3 is 1.92 bits per heavy atom. The molecule has 4 nitrogen and oxygen atoms in total. The summed E-state index contributed by atoms with van der Waals surface area (Å²) >= 11 is 0. The van der Waals surface area contributed by atoms with Crippen molar-refractivity contribution in [2.75, 3.05) is 13.2 Å². The smallest absolute Gasteiger partial charge is 0.305 e. The van der Waals surface area contributed by atoms with E-state index in [0.717, 1.165) is 38.5 Å². The van der Waals surface area contributed by atoms with Crippen molar-refractivity contribution in [1.82, 2.24) is 0 Å². The van der Waals surface area contributed by atoms with Gasteiger partial charge in [0.15, 0.2) is 0 Å². The van der Waals surface area contributed by atoms with Crippen molar-refractivity contribution < 1.29 is 19.1 Å². The van der Waals surface area contributed by atoms with E-state index in [1.54, 1.807) is 0 Å². The van der Waals surface area contributed by atoms with E-state index in [4.69, 9.17) is 9.47 Å². The van der Waals surface area contributed by atoms with Gasteiger partial charge in [-0.3, -0.25) is 9.59 Å². The Morgan fingerprint density at radius 2 is 1.29 bits per heavy atom. The molecule has 0 fully saturated rings. The van der Waals surface area contributed by atoms with Gasteiger partial charge in [0.05, 0.1) is 13.2 Å². The molecule has 0 aliphatic rings. The molecule has 0 amide bonds. The Labute approximate surface area is 148 Å². The molecule has 0 rings (SSSR count). The molecule has 0 bridgehead atoms. The molecular formula is C20H38O4. The Bertz CT molecular complexity index is 315. The van der Waals surface area contributed by atoms with E-state index in [2.05, 4.69) is 20.8 Å². The van der Waals surface area contributed by atoms with Crippen LogP contribution in [0.5, 0.6) is 0 Å². The highest BCUT2D eigenvalue weighted by atomic mass is 16.5. The average molecular weight is 343 g/mol. The molecule has 0 aromatic heterocycles. The third-order valence-electron chi connectivity index (χ3n) is 4.25. The van der Waals surface area contributed by atoms with Crippen molar-refractivity contribution in [2.24, 2.45) is 5.92 Å². The first kappa shape index (κ1) is 22.9. The van der Waals surface area contributed by atoms with Crippen LogP contribution in [0.4, 0.5) is 0 Å². The van der Waals surface area contributed by atoms with Gasteiger partial charge in [-0.25, -0.2) is 0 Å². The summed E-state index contributed by atoms with van der Waals surface area (Å²) in [5, 5.41) is 0. The number of carbonyl (C=O) groups is 2. The highest BCUT2D eigenvalue weighted by Crippen LogP contribution is 2.08. The van der Waals surface area contributed by atoms with Crippen molar-refractivity contribution in [3.8, 4) is 0 Å². The second-order valence-corrected chi connectivity index (χ2v) is 6.75. The lowest BCUT2D eigenvalue weighted by Crippen LogP contribution is -2.11. The highest BCUT2D eigenvalue weighted by Gasteiger charge is 2.07. The lowest BCUT2D eigenvalue weighted by molar-refractivity contribution is -0.145.